The molecule has 0 saturated heterocycles. The number of pyridine rings is 2. The van der Waals surface area contributed by atoms with Gasteiger partial charge in [-0.1, -0.05) is 6.07 Å². The van der Waals surface area contributed by atoms with E-state index in [0.29, 0.717) is 35.2 Å². The van der Waals surface area contributed by atoms with Crippen molar-refractivity contribution in [2.75, 3.05) is 0 Å². The first kappa shape index (κ1) is 22.1. The molecule has 32 heavy (non-hydrogen) atoms. The molecule has 170 valence electrons. The Hall–Kier alpha value is -3.11. The average Bonchev–Trinajstić information content (AvgIpc) is 3.45. The van der Waals surface area contributed by atoms with E-state index in [1.807, 2.05) is 0 Å². The first-order chi connectivity index (χ1) is 15.1. The van der Waals surface area contributed by atoms with Crippen LogP contribution in [0.3, 0.4) is 0 Å². The normalized spacial score (nSPS) is 16.3. The molecular formula is C21H20F5N5O. The number of alkyl halides is 5. The predicted molar refractivity (Wildman–Crippen MR) is 105 cm³/mol. The summed E-state index contributed by atoms with van der Waals surface area (Å²) in [6, 6.07) is 4.24. The summed E-state index contributed by atoms with van der Waals surface area (Å²) in [5, 5.41) is 7.01. The molecule has 0 aromatic carbocycles. The highest BCUT2D eigenvalue weighted by atomic mass is 19.4. The summed E-state index contributed by atoms with van der Waals surface area (Å²) < 4.78 is 65.1. The van der Waals surface area contributed by atoms with Crippen LogP contribution in [0.4, 0.5) is 22.0 Å². The Bertz CT molecular complexity index is 1120. The van der Waals surface area contributed by atoms with Crippen LogP contribution in [0.15, 0.2) is 36.8 Å². The van der Waals surface area contributed by atoms with Crippen LogP contribution in [-0.2, 0) is 23.2 Å². The van der Waals surface area contributed by atoms with E-state index >= 15 is 0 Å². The molecule has 0 aliphatic heterocycles. The molecule has 0 unspecified atom stereocenters. The quantitative estimate of drug-likeness (QED) is 0.547. The van der Waals surface area contributed by atoms with Gasteiger partial charge in [-0.05, 0) is 37.5 Å². The summed E-state index contributed by atoms with van der Waals surface area (Å²) in [6.45, 7) is 0.488. The number of nitrogens with one attached hydrogen (secondary N) is 1. The number of carbonyl (C=O) groups is 1. The Balaban J connectivity index is 1.39. The maximum Gasteiger partial charge on any atom is 0.408 e. The predicted octanol–water partition coefficient (Wildman–Crippen LogP) is 4.11. The van der Waals surface area contributed by atoms with E-state index in [-0.39, 0.29) is 17.8 Å². The average molecular weight is 453 g/mol. The Morgan fingerprint density at radius 2 is 1.94 bits per heavy atom. The minimum absolute atomic E-state index is 0.00502. The Morgan fingerprint density at radius 1 is 1.19 bits per heavy atom. The second kappa shape index (κ2) is 8.10. The molecule has 0 radical (unpaired) electrons. The molecule has 4 rings (SSSR count). The largest absolute Gasteiger partial charge is 0.408 e. The second-order valence-corrected chi connectivity index (χ2v) is 8.06. The summed E-state index contributed by atoms with van der Waals surface area (Å²) in [6.07, 6.45) is -2.00. The molecule has 1 aliphatic rings. The molecule has 3 aromatic heterocycles. The van der Waals surface area contributed by atoms with Gasteiger partial charge in [-0.3, -0.25) is 19.4 Å². The zero-order chi connectivity index (χ0) is 23.1. The third-order valence-electron chi connectivity index (χ3n) is 5.61. The van der Waals surface area contributed by atoms with Gasteiger partial charge >= 0.3 is 6.18 Å². The van der Waals surface area contributed by atoms with Crippen molar-refractivity contribution in [3.8, 4) is 0 Å². The van der Waals surface area contributed by atoms with E-state index in [0.717, 1.165) is 4.68 Å². The topological polar surface area (TPSA) is 72.7 Å². The van der Waals surface area contributed by atoms with Gasteiger partial charge in [-0.15, -0.1) is 0 Å². The second-order valence-electron chi connectivity index (χ2n) is 8.06. The third-order valence-corrected chi connectivity index (χ3v) is 5.61. The van der Waals surface area contributed by atoms with Crippen molar-refractivity contribution in [3.05, 3.63) is 53.7 Å². The highest BCUT2D eigenvalue weighted by Crippen LogP contribution is 2.51. The number of halogens is 5. The molecular weight excluding hydrogens is 433 g/mol. The van der Waals surface area contributed by atoms with Gasteiger partial charge in [0.1, 0.15) is 6.54 Å². The number of nitrogens with zero attached hydrogens (tertiary/aromatic N) is 4. The van der Waals surface area contributed by atoms with E-state index in [9.17, 15) is 26.7 Å². The number of fused-ring (bicyclic) bond motifs is 1. The van der Waals surface area contributed by atoms with Crippen molar-refractivity contribution in [1.82, 2.24) is 25.1 Å². The van der Waals surface area contributed by atoms with Gasteiger partial charge in [0.2, 0.25) is 12.3 Å². The Labute approximate surface area is 179 Å². The van der Waals surface area contributed by atoms with Crippen molar-refractivity contribution in [2.24, 2.45) is 0 Å². The summed E-state index contributed by atoms with van der Waals surface area (Å²) in [7, 11) is 0. The number of rotatable bonds is 7. The molecule has 0 spiro atoms. The summed E-state index contributed by atoms with van der Waals surface area (Å²) in [5.74, 6) is -0.322. The fraction of sp³-hybridized carbons (Fsp3) is 0.429. The first-order valence-electron chi connectivity index (χ1n) is 9.98. The number of hydrogen-bond acceptors (Lipinski definition) is 4. The van der Waals surface area contributed by atoms with Crippen LogP contribution in [0.2, 0.25) is 0 Å². The standard InChI is InChI=1S/C21H20F5N5O/c1-12(15-7-14-9-29-31(11-21(24,25)26)16(14)10-27-15)30-18(32)6-13-2-3-17(28-8-13)20(4-5-20)19(22)23/h2-3,7-10,12,19H,4-6,11H2,1H3,(H,30,32)/t12-/m1/s1. The number of amides is 1. The van der Waals surface area contributed by atoms with E-state index in [1.165, 1.54) is 18.6 Å². The summed E-state index contributed by atoms with van der Waals surface area (Å²) in [4.78, 5) is 20.7. The highest BCUT2D eigenvalue weighted by molar-refractivity contribution is 5.80. The molecule has 11 heteroatoms. The van der Waals surface area contributed by atoms with Crippen molar-refractivity contribution < 1.29 is 26.7 Å². The maximum absolute atomic E-state index is 13.2. The molecule has 1 amide bonds. The fourth-order valence-corrected chi connectivity index (χ4v) is 3.62. The Kier molecular flexibility index (Phi) is 5.59. The van der Waals surface area contributed by atoms with Gasteiger partial charge < -0.3 is 5.32 Å². The van der Waals surface area contributed by atoms with Gasteiger partial charge in [-0.2, -0.15) is 18.3 Å². The van der Waals surface area contributed by atoms with Gasteiger partial charge in [0, 0.05) is 11.6 Å². The smallest absolute Gasteiger partial charge is 0.348 e. The highest BCUT2D eigenvalue weighted by Gasteiger charge is 2.53. The third kappa shape index (κ3) is 4.56. The lowest BCUT2D eigenvalue weighted by Crippen LogP contribution is -2.28. The molecule has 6 nitrogen and oxygen atoms in total. The zero-order valence-corrected chi connectivity index (χ0v) is 17.0. The molecule has 1 fully saturated rings. The van der Waals surface area contributed by atoms with Crippen LogP contribution in [0, 0.1) is 0 Å². The molecule has 1 aliphatic carbocycles. The van der Waals surface area contributed by atoms with Crippen LogP contribution in [0.5, 0.6) is 0 Å². The van der Waals surface area contributed by atoms with Gasteiger partial charge in [0.15, 0.2) is 0 Å². The van der Waals surface area contributed by atoms with E-state index < -0.39 is 30.6 Å². The molecule has 1 N–H and O–H groups in total. The lowest BCUT2D eigenvalue weighted by molar-refractivity contribution is -0.141. The van der Waals surface area contributed by atoms with Crippen LogP contribution >= 0.6 is 0 Å². The number of hydrogen-bond donors (Lipinski definition) is 1. The monoisotopic (exact) mass is 453 g/mol. The minimum atomic E-state index is -4.40. The molecule has 0 bridgehead atoms. The van der Waals surface area contributed by atoms with Crippen LogP contribution in [-0.4, -0.2) is 38.3 Å². The summed E-state index contributed by atoms with van der Waals surface area (Å²) in [5.41, 5.74) is 0.494. The maximum atomic E-state index is 13.2. The van der Waals surface area contributed by atoms with Gasteiger partial charge in [0.25, 0.3) is 0 Å². The van der Waals surface area contributed by atoms with Crippen LogP contribution < -0.4 is 5.32 Å². The number of carbonyl (C=O) groups excluding carboxylic acids is 1. The van der Waals surface area contributed by atoms with Crippen LogP contribution in [0.25, 0.3) is 10.9 Å². The van der Waals surface area contributed by atoms with Crippen molar-refractivity contribution in [1.29, 1.82) is 0 Å². The first-order valence-corrected chi connectivity index (χ1v) is 9.98. The van der Waals surface area contributed by atoms with Crippen molar-refractivity contribution in [2.45, 2.75) is 56.8 Å². The van der Waals surface area contributed by atoms with Crippen LogP contribution in [0.1, 0.15) is 42.8 Å². The molecule has 1 saturated carbocycles. The van der Waals surface area contributed by atoms with E-state index in [4.69, 9.17) is 0 Å². The lowest BCUT2D eigenvalue weighted by Gasteiger charge is -2.15. The molecule has 1 atom stereocenters. The Morgan fingerprint density at radius 3 is 2.53 bits per heavy atom. The zero-order valence-electron chi connectivity index (χ0n) is 17.0. The number of aromatic nitrogens is 4. The van der Waals surface area contributed by atoms with E-state index in [2.05, 4.69) is 20.4 Å². The van der Waals surface area contributed by atoms with Crippen molar-refractivity contribution >= 4 is 16.8 Å². The molecule has 3 aromatic rings. The fourth-order valence-electron chi connectivity index (χ4n) is 3.62. The minimum Gasteiger partial charge on any atom is -0.348 e. The van der Waals surface area contributed by atoms with Crippen molar-refractivity contribution in [3.63, 3.8) is 0 Å². The van der Waals surface area contributed by atoms with Gasteiger partial charge in [0.05, 0.1) is 47.2 Å². The summed E-state index contributed by atoms with van der Waals surface area (Å²) >= 11 is 0. The SMILES string of the molecule is C[C@@H](NC(=O)Cc1ccc(C2(C(F)F)CC2)nc1)c1cc2cnn(CC(F)(F)F)c2cn1. The van der Waals surface area contributed by atoms with Gasteiger partial charge in [-0.25, -0.2) is 8.78 Å². The lowest BCUT2D eigenvalue weighted by atomic mass is 10.0. The molecule has 3 heterocycles. The van der Waals surface area contributed by atoms with E-state index in [1.54, 1.807) is 25.1 Å².